The van der Waals surface area contributed by atoms with Gasteiger partial charge in [-0.05, 0) is 24.3 Å². The fourth-order valence-corrected chi connectivity index (χ4v) is 4.60. The van der Waals surface area contributed by atoms with Crippen molar-refractivity contribution < 1.29 is 13.0 Å². The molecule has 0 bridgehead atoms. The number of hydrogen-bond acceptors (Lipinski definition) is 2. The minimum atomic E-state index is -2.15. The van der Waals surface area contributed by atoms with Crippen molar-refractivity contribution >= 4 is 48.9 Å². The molecule has 0 aliphatic heterocycles. The first-order valence-electron chi connectivity index (χ1n) is 5.97. The molecule has 0 saturated heterocycles. The minimum Gasteiger partial charge on any atom is -0.302 e. The van der Waals surface area contributed by atoms with Crippen molar-refractivity contribution in [2.45, 2.75) is 9.79 Å². The molecule has 4 nitrogen and oxygen atoms in total. The summed E-state index contributed by atoms with van der Waals surface area (Å²) in [7, 11) is -1.48. The summed E-state index contributed by atoms with van der Waals surface area (Å²) in [6.45, 7) is 0. The Morgan fingerprint density at radius 3 is 2.38 bits per heavy atom. The summed E-state index contributed by atoms with van der Waals surface area (Å²) in [6, 6.07) is 14.3. The van der Waals surface area contributed by atoms with Crippen LogP contribution >= 0.6 is 15.9 Å². The zero-order chi connectivity index (χ0) is 15.0. The van der Waals surface area contributed by atoms with Gasteiger partial charge in [-0.2, -0.15) is 0 Å². The van der Waals surface area contributed by atoms with Crippen LogP contribution in [0.25, 0.3) is 10.9 Å². The standard InChI is InChI=1S/C14H10BrNO3S2/c15-11-7-4-8-12-14(11)13(21(18)19)9-16(12)20(17)10-5-2-1-3-6-10/h1-9H,(H,18,19). The maximum absolute atomic E-state index is 12.7. The van der Waals surface area contributed by atoms with E-state index in [9.17, 15) is 13.0 Å². The highest BCUT2D eigenvalue weighted by molar-refractivity contribution is 9.10. The second kappa shape index (κ2) is 5.84. The molecule has 21 heavy (non-hydrogen) atoms. The average molecular weight is 384 g/mol. The van der Waals surface area contributed by atoms with Crippen LogP contribution in [0, 0.1) is 0 Å². The highest BCUT2D eigenvalue weighted by Gasteiger charge is 2.18. The van der Waals surface area contributed by atoms with E-state index in [0.29, 0.717) is 20.3 Å². The SMILES string of the molecule is O=S(O)c1cn(S(=O)c2ccccc2)c2cccc(Br)c12. The number of halogens is 1. The fourth-order valence-electron chi connectivity index (χ4n) is 2.10. The average Bonchev–Trinajstić information content (AvgIpc) is 2.88. The van der Waals surface area contributed by atoms with E-state index < -0.39 is 22.1 Å². The number of aromatic nitrogens is 1. The number of rotatable bonds is 3. The fraction of sp³-hybridized carbons (Fsp3) is 0. The van der Waals surface area contributed by atoms with E-state index in [1.165, 1.54) is 10.2 Å². The Hall–Kier alpha value is -1.28. The normalized spacial score (nSPS) is 14.2. The van der Waals surface area contributed by atoms with Crippen LogP contribution in [0.4, 0.5) is 0 Å². The molecule has 0 aliphatic rings. The molecule has 108 valence electrons. The van der Waals surface area contributed by atoms with Crippen LogP contribution in [-0.2, 0) is 22.1 Å². The predicted octanol–water partition coefficient (Wildman–Crippen LogP) is 3.56. The summed E-state index contributed by atoms with van der Waals surface area (Å²) < 4.78 is 35.9. The Morgan fingerprint density at radius 1 is 1.00 bits per heavy atom. The first-order valence-corrected chi connectivity index (χ1v) is 8.98. The third-order valence-corrected chi connectivity index (χ3v) is 5.70. The lowest BCUT2D eigenvalue weighted by Crippen LogP contribution is -2.03. The Morgan fingerprint density at radius 2 is 1.71 bits per heavy atom. The summed E-state index contributed by atoms with van der Waals surface area (Å²) in [5, 5.41) is 0.600. The third-order valence-electron chi connectivity index (χ3n) is 3.02. The van der Waals surface area contributed by atoms with Gasteiger partial charge in [0, 0.05) is 16.1 Å². The molecule has 0 saturated carbocycles. The van der Waals surface area contributed by atoms with Crippen molar-refractivity contribution in [2.75, 3.05) is 0 Å². The van der Waals surface area contributed by atoms with Crippen LogP contribution in [0.15, 0.2) is 69.0 Å². The minimum absolute atomic E-state index is 0.238. The number of hydrogen-bond donors (Lipinski definition) is 1. The van der Waals surface area contributed by atoms with Crippen molar-refractivity contribution in [1.82, 2.24) is 3.97 Å². The molecular weight excluding hydrogens is 374 g/mol. The smallest absolute Gasteiger partial charge is 0.188 e. The van der Waals surface area contributed by atoms with E-state index >= 15 is 0 Å². The number of benzene rings is 2. The van der Waals surface area contributed by atoms with Crippen molar-refractivity contribution in [3.63, 3.8) is 0 Å². The molecule has 0 aliphatic carbocycles. The topological polar surface area (TPSA) is 59.3 Å². The van der Waals surface area contributed by atoms with E-state index in [4.69, 9.17) is 0 Å². The zero-order valence-electron chi connectivity index (χ0n) is 10.6. The van der Waals surface area contributed by atoms with Crippen molar-refractivity contribution in [1.29, 1.82) is 0 Å². The lowest BCUT2D eigenvalue weighted by molar-refractivity contribution is 0.565. The van der Waals surface area contributed by atoms with Crippen LogP contribution < -0.4 is 0 Å². The summed E-state index contributed by atoms with van der Waals surface area (Å²) in [4.78, 5) is 0.867. The summed E-state index contributed by atoms with van der Waals surface area (Å²) in [6.07, 6.45) is 1.47. The molecule has 0 amide bonds. The lowest BCUT2D eigenvalue weighted by atomic mass is 10.2. The molecule has 1 heterocycles. The van der Waals surface area contributed by atoms with E-state index in [-0.39, 0.29) is 4.90 Å². The van der Waals surface area contributed by atoms with Gasteiger partial charge in [-0.3, -0.25) is 3.97 Å². The number of nitrogens with zero attached hydrogens (tertiary/aromatic N) is 1. The molecular formula is C14H10BrNO3S2. The molecule has 3 rings (SSSR count). The molecule has 0 spiro atoms. The van der Waals surface area contributed by atoms with Gasteiger partial charge in [-0.25, -0.2) is 8.42 Å². The monoisotopic (exact) mass is 383 g/mol. The Labute approximate surface area is 134 Å². The molecule has 7 heteroatoms. The Kier molecular flexibility index (Phi) is 4.08. The second-order valence-corrected chi connectivity index (χ2v) is 7.42. The molecule has 2 unspecified atom stereocenters. The van der Waals surface area contributed by atoms with E-state index in [0.717, 1.165) is 0 Å². The maximum Gasteiger partial charge on any atom is 0.188 e. The molecule has 0 radical (unpaired) electrons. The number of fused-ring (bicyclic) bond motifs is 1. The molecule has 1 aromatic heterocycles. The predicted molar refractivity (Wildman–Crippen MR) is 86.9 cm³/mol. The van der Waals surface area contributed by atoms with Crippen molar-refractivity contribution in [2.24, 2.45) is 0 Å². The van der Waals surface area contributed by atoms with Gasteiger partial charge >= 0.3 is 0 Å². The zero-order valence-corrected chi connectivity index (χ0v) is 13.8. The second-order valence-electron chi connectivity index (χ2n) is 4.26. The van der Waals surface area contributed by atoms with E-state index in [2.05, 4.69) is 15.9 Å². The Balaban J connectivity index is 2.27. The van der Waals surface area contributed by atoms with Crippen LogP contribution in [0.2, 0.25) is 0 Å². The summed E-state index contributed by atoms with van der Waals surface area (Å²) in [5.74, 6) is 0. The van der Waals surface area contributed by atoms with Gasteiger partial charge in [0.05, 0.1) is 15.3 Å². The van der Waals surface area contributed by atoms with Gasteiger partial charge in [-0.15, -0.1) is 0 Å². The summed E-state index contributed by atoms with van der Waals surface area (Å²) >= 11 is 1.23. The van der Waals surface area contributed by atoms with Crippen LogP contribution in [-0.4, -0.2) is 16.9 Å². The molecule has 2 aromatic carbocycles. The van der Waals surface area contributed by atoms with Crippen molar-refractivity contribution in [3.05, 3.63) is 59.2 Å². The van der Waals surface area contributed by atoms with Gasteiger partial charge in [0.25, 0.3) is 0 Å². The Bertz CT molecular complexity index is 861. The maximum atomic E-state index is 12.7. The third kappa shape index (κ3) is 2.62. The van der Waals surface area contributed by atoms with Crippen LogP contribution in [0.1, 0.15) is 0 Å². The summed E-state index contributed by atoms with van der Waals surface area (Å²) in [5.41, 5.74) is 0.643. The largest absolute Gasteiger partial charge is 0.302 e. The highest BCUT2D eigenvalue weighted by atomic mass is 79.9. The lowest BCUT2D eigenvalue weighted by Gasteiger charge is -2.05. The van der Waals surface area contributed by atoms with Gasteiger partial charge < -0.3 is 4.55 Å². The van der Waals surface area contributed by atoms with Gasteiger partial charge in [0.15, 0.2) is 22.1 Å². The quantitative estimate of drug-likeness (QED) is 0.703. The highest BCUT2D eigenvalue weighted by Crippen LogP contribution is 2.32. The van der Waals surface area contributed by atoms with Gasteiger partial charge in [0.2, 0.25) is 0 Å². The molecule has 2 atom stereocenters. The van der Waals surface area contributed by atoms with Crippen LogP contribution in [0.5, 0.6) is 0 Å². The molecule has 0 fully saturated rings. The van der Waals surface area contributed by atoms with E-state index in [1.54, 1.807) is 42.5 Å². The van der Waals surface area contributed by atoms with Crippen LogP contribution in [0.3, 0.4) is 0 Å². The van der Waals surface area contributed by atoms with Gasteiger partial charge in [-0.1, -0.05) is 40.2 Å². The molecule has 3 aromatic rings. The van der Waals surface area contributed by atoms with E-state index in [1.807, 2.05) is 6.07 Å². The molecule has 1 N–H and O–H groups in total. The first kappa shape index (κ1) is 14.6. The van der Waals surface area contributed by atoms with Crippen molar-refractivity contribution in [3.8, 4) is 0 Å². The first-order chi connectivity index (χ1) is 10.1. The van der Waals surface area contributed by atoms with Gasteiger partial charge in [0.1, 0.15) is 0 Å².